The van der Waals surface area contributed by atoms with Crippen molar-refractivity contribution in [2.45, 2.75) is 62.5 Å². The normalized spacial score (nSPS) is 27.6. The summed E-state index contributed by atoms with van der Waals surface area (Å²) in [5.74, 6) is 0.981. The van der Waals surface area contributed by atoms with Gasteiger partial charge in [0, 0.05) is 52.5 Å². The molecule has 4 saturated heterocycles. The van der Waals surface area contributed by atoms with Gasteiger partial charge in [-0.2, -0.15) is 9.97 Å². The highest BCUT2D eigenvalue weighted by molar-refractivity contribution is 6.03. The van der Waals surface area contributed by atoms with Crippen molar-refractivity contribution in [1.82, 2.24) is 25.2 Å². The molecule has 2 aromatic carbocycles. The van der Waals surface area contributed by atoms with Gasteiger partial charge >= 0.3 is 6.01 Å². The molecule has 2 N–H and O–H groups in total. The maximum absolute atomic E-state index is 17.0. The molecule has 4 aliphatic heterocycles. The molecule has 2 aromatic heterocycles. The molecule has 4 fully saturated rings. The van der Waals surface area contributed by atoms with Crippen LogP contribution in [0.1, 0.15) is 55.1 Å². The lowest BCUT2D eigenvalue weighted by Gasteiger charge is -2.42. The molecule has 4 aromatic rings. The van der Waals surface area contributed by atoms with Gasteiger partial charge in [-0.25, -0.2) is 13.2 Å². The number of halogens is 3. The highest BCUT2D eigenvalue weighted by atomic mass is 19.1. The molecule has 4 aliphatic rings. The van der Waals surface area contributed by atoms with Gasteiger partial charge in [-0.1, -0.05) is 18.8 Å². The highest BCUT2D eigenvalue weighted by Crippen LogP contribution is 2.43. The van der Waals surface area contributed by atoms with Gasteiger partial charge < -0.3 is 20.1 Å². The second-order valence-corrected chi connectivity index (χ2v) is 13.4. The predicted octanol–water partition coefficient (Wildman–Crippen LogP) is 6.00. The van der Waals surface area contributed by atoms with Crippen LogP contribution in [0.5, 0.6) is 11.8 Å². The zero-order valence-electron chi connectivity index (χ0n) is 28.6. The van der Waals surface area contributed by atoms with E-state index >= 15 is 4.39 Å². The Morgan fingerprint density at radius 2 is 2.17 bits per heavy atom. The van der Waals surface area contributed by atoms with Gasteiger partial charge in [0.25, 0.3) is 0 Å². The average molecular weight is 644 g/mol. The van der Waals surface area contributed by atoms with Gasteiger partial charge in [0.2, 0.25) is 0 Å². The van der Waals surface area contributed by atoms with Crippen LogP contribution >= 0.6 is 0 Å². The minimum absolute atomic E-state index is 0.0105. The molecule has 0 saturated carbocycles. The summed E-state index contributed by atoms with van der Waals surface area (Å²) >= 11 is 0. The lowest BCUT2D eigenvalue weighted by molar-refractivity contribution is 0.108. The Morgan fingerprint density at radius 1 is 1.28 bits per heavy atom. The van der Waals surface area contributed by atoms with E-state index in [4.69, 9.17) is 20.3 Å². The van der Waals surface area contributed by atoms with E-state index in [1.165, 1.54) is 30.5 Å². The quantitative estimate of drug-likeness (QED) is 0.248. The first-order chi connectivity index (χ1) is 23.9. The molecule has 6 heterocycles. The van der Waals surface area contributed by atoms with Crippen molar-refractivity contribution in [3.8, 4) is 35.4 Å². The van der Waals surface area contributed by atoms with Crippen LogP contribution in [0.15, 0.2) is 42.4 Å². The van der Waals surface area contributed by atoms with E-state index in [2.05, 4.69) is 26.1 Å². The number of hydrogen-bond donors (Lipinski definition) is 2. The zero-order valence-corrected chi connectivity index (χ0v) is 25.6. The number of aromatic nitrogens is 3. The molecule has 8 rings (SSSR count). The second kappa shape index (κ2) is 11.1. The first-order valence-corrected chi connectivity index (χ1v) is 15.9. The first-order valence-electron chi connectivity index (χ1n) is 17.4. The summed E-state index contributed by atoms with van der Waals surface area (Å²) in [6.45, 7) is 0.101. The van der Waals surface area contributed by atoms with E-state index in [1.807, 2.05) is 4.90 Å². The Hall–Kier alpha value is -4.40. The monoisotopic (exact) mass is 643 g/mol. The molecule has 8 nitrogen and oxygen atoms in total. The number of nitrogens with zero attached hydrogens (tertiary/aromatic N) is 5. The summed E-state index contributed by atoms with van der Waals surface area (Å²) in [5.41, 5.74) is -0.776. The van der Waals surface area contributed by atoms with E-state index in [0.717, 1.165) is 25.8 Å². The van der Waals surface area contributed by atoms with Crippen LogP contribution in [0.3, 0.4) is 0 Å². The third-order valence-corrected chi connectivity index (χ3v) is 10.5. The molecule has 47 heavy (non-hydrogen) atoms. The molecule has 3 atom stereocenters. The number of piperazine rings is 1. The fourth-order valence-corrected chi connectivity index (χ4v) is 8.26. The van der Waals surface area contributed by atoms with Crippen LogP contribution in [0.2, 0.25) is 0 Å². The van der Waals surface area contributed by atoms with Crippen LogP contribution in [-0.4, -0.2) is 74.9 Å². The van der Waals surface area contributed by atoms with Crippen molar-refractivity contribution in [3.63, 3.8) is 0 Å². The van der Waals surface area contributed by atoms with Gasteiger partial charge in [0.05, 0.1) is 22.8 Å². The number of ether oxygens (including phenoxy) is 1. The smallest absolute Gasteiger partial charge is 0.319 e. The third-order valence-electron chi connectivity index (χ3n) is 10.5. The van der Waals surface area contributed by atoms with Crippen LogP contribution < -0.4 is 15.0 Å². The summed E-state index contributed by atoms with van der Waals surface area (Å²) in [4.78, 5) is 18.0. The van der Waals surface area contributed by atoms with E-state index in [9.17, 15) is 13.9 Å². The van der Waals surface area contributed by atoms with Gasteiger partial charge in [-0.3, -0.25) is 9.88 Å². The lowest BCUT2D eigenvalue weighted by atomic mass is 9.93. The van der Waals surface area contributed by atoms with E-state index in [1.54, 1.807) is 0 Å². The van der Waals surface area contributed by atoms with Crippen LogP contribution in [0.4, 0.5) is 19.0 Å². The number of rotatable bonds is 6. The van der Waals surface area contributed by atoms with Crippen molar-refractivity contribution in [2.75, 3.05) is 37.7 Å². The van der Waals surface area contributed by atoms with Crippen LogP contribution in [-0.2, 0) is 0 Å². The average Bonchev–Trinajstić information content (AvgIpc) is 3.72. The number of anilines is 1. The summed E-state index contributed by atoms with van der Waals surface area (Å²) in [6, 6.07) is 5.24. The Balaban J connectivity index is 1.27. The van der Waals surface area contributed by atoms with Gasteiger partial charge in [-0.05, 0) is 74.2 Å². The molecule has 0 amide bonds. The Bertz CT molecular complexity index is 2120. The molecule has 0 unspecified atom stereocenters. The minimum atomic E-state index is -2.17. The van der Waals surface area contributed by atoms with Crippen molar-refractivity contribution >= 4 is 27.5 Å². The van der Waals surface area contributed by atoms with Crippen LogP contribution in [0.25, 0.3) is 32.9 Å². The predicted molar refractivity (Wildman–Crippen MR) is 174 cm³/mol. The number of pyridine rings is 1. The number of phenols is 1. The van der Waals surface area contributed by atoms with Gasteiger partial charge in [-0.15, -0.1) is 6.42 Å². The Labute approximate surface area is 274 Å². The summed E-state index contributed by atoms with van der Waals surface area (Å²) in [5, 5.41) is 15.0. The molecular weight excluding hydrogens is 605 g/mol. The van der Waals surface area contributed by atoms with Gasteiger partial charge in [0.15, 0.2) is 5.82 Å². The van der Waals surface area contributed by atoms with Crippen molar-refractivity contribution in [3.05, 3.63) is 59.6 Å². The topological polar surface area (TPSA) is 86.6 Å². The lowest BCUT2D eigenvalue weighted by Crippen LogP contribution is -2.59. The third kappa shape index (κ3) is 4.80. The number of terminal acetylenes is 1. The van der Waals surface area contributed by atoms with Crippen molar-refractivity contribution in [2.24, 2.45) is 0 Å². The number of phenolic OH excluding ortho intramolecular Hbond substituents is 1. The summed E-state index contributed by atoms with van der Waals surface area (Å²) in [6.07, 6.45) is 11.4. The highest BCUT2D eigenvalue weighted by Gasteiger charge is 2.48. The van der Waals surface area contributed by atoms with E-state index < -0.39 is 29.6 Å². The van der Waals surface area contributed by atoms with Gasteiger partial charge in [0.1, 0.15) is 35.2 Å². The SMILES string of the molecule is [2H]C([2H])([2H])C[C@@]12CC[C@@H](CN(c3nc(OC[C@@]45CCCN4C/C(=C/F)C5)nc4c(F)c(-c5cc(O)cc6ccc(F)c(C#C)c56)ncc34)C1)N2. The van der Waals surface area contributed by atoms with E-state index in [-0.39, 0.29) is 63.9 Å². The maximum Gasteiger partial charge on any atom is 0.319 e. The summed E-state index contributed by atoms with van der Waals surface area (Å²) in [7, 11) is 0. The molecule has 2 bridgehead atoms. The largest absolute Gasteiger partial charge is 0.508 e. The Kier molecular flexibility index (Phi) is 6.29. The molecule has 0 radical (unpaired) electrons. The molecule has 0 aliphatic carbocycles. The second-order valence-electron chi connectivity index (χ2n) is 13.4. The standard InChI is InChI=1S/C36H35F3N6O2/c1-3-25-28(38)7-6-22-12-24(46)13-26(29(22)25)31-30(39)32-27(16-40-31)33(44-18-23-8-10-35(4-2,19-44)43-23)42-34(41-32)47-20-36-9-5-11-45(36)17-21(14-36)15-37/h1,6-7,12-13,15-16,23,43,46H,4-5,8-11,14,17-20H2,2H3/b21-15+/t23-,35+,36-/m0/s1/i2D3. The van der Waals surface area contributed by atoms with Crippen molar-refractivity contribution in [1.29, 1.82) is 0 Å². The van der Waals surface area contributed by atoms with Crippen LogP contribution in [0, 0.1) is 24.0 Å². The molecule has 11 heteroatoms. The summed E-state index contributed by atoms with van der Waals surface area (Å²) < 4.78 is 75.8. The fourth-order valence-electron chi connectivity index (χ4n) is 8.26. The van der Waals surface area contributed by atoms with Crippen molar-refractivity contribution < 1.29 is 27.1 Å². The molecule has 0 spiro atoms. The number of fused-ring (bicyclic) bond motifs is 5. The zero-order chi connectivity index (χ0) is 35.0. The maximum atomic E-state index is 17.0. The molecular formula is C36H35F3N6O2. The molecule has 242 valence electrons. The number of hydrogen-bond acceptors (Lipinski definition) is 8. The minimum Gasteiger partial charge on any atom is -0.508 e. The van der Waals surface area contributed by atoms with E-state index in [0.29, 0.717) is 55.6 Å². The number of aromatic hydroxyl groups is 1. The Morgan fingerprint density at radius 3 is 3.00 bits per heavy atom. The number of benzene rings is 2. The number of nitrogens with one attached hydrogen (secondary N) is 1. The fraction of sp³-hybridized carbons (Fsp3) is 0.417. The first kappa shape index (κ1) is 26.6.